The summed E-state index contributed by atoms with van der Waals surface area (Å²) in [7, 11) is 2.10. The van der Waals surface area contributed by atoms with Crippen LogP contribution in [0, 0.1) is 0 Å². The fourth-order valence-electron chi connectivity index (χ4n) is 3.30. The van der Waals surface area contributed by atoms with Crippen LogP contribution in [0.25, 0.3) is 0 Å². The lowest BCUT2D eigenvalue weighted by Gasteiger charge is -2.28. The topological polar surface area (TPSA) is 29.9 Å². The van der Waals surface area contributed by atoms with Gasteiger partial charge in [0.05, 0.1) is 6.04 Å². The number of likely N-dealkylation sites (N-methyl/N-ethyl adjacent to an activating group) is 1. The molecule has 0 amide bonds. The van der Waals surface area contributed by atoms with Crippen LogP contribution in [0.1, 0.15) is 70.3 Å². The molecule has 3 heteroatoms. The van der Waals surface area contributed by atoms with Gasteiger partial charge in [-0.05, 0) is 26.0 Å². The summed E-state index contributed by atoms with van der Waals surface area (Å²) in [5.41, 5.74) is 0. The Balaban J connectivity index is 2.00. The number of aromatic nitrogens is 2. The van der Waals surface area contributed by atoms with Gasteiger partial charge >= 0.3 is 0 Å². The van der Waals surface area contributed by atoms with E-state index >= 15 is 0 Å². The van der Waals surface area contributed by atoms with Crippen LogP contribution in [0.2, 0.25) is 0 Å². The van der Waals surface area contributed by atoms with Gasteiger partial charge in [-0.3, -0.25) is 4.68 Å². The highest BCUT2D eigenvalue weighted by Gasteiger charge is 2.21. The summed E-state index contributed by atoms with van der Waals surface area (Å²) in [6.07, 6.45) is 17.7. The van der Waals surface area contributed by atoms with Crippen LogP contribution in [0.4, 0.5) is 0 Å². The van der Waals surface area contributed by atoms with Crippen molar-refractivity contribution in [2.24, 2.45) is 0 Å². The van der Waals surface area contributed by atoms with Crippen LogP contribution in [-0.2, 0) is 0 Å². The largest absolute Gasteiger partial charge is 0.315 e. The van der Waals surface area contributed by atoms with Crippen LogP contribution in [-0.4, -0.2) is 22.9 Å². The Hall–Kier alpha value is -0.830. The first kappa shape index (κ1) is 14.6. The summed E-state index contributed by atoms with van der Waals surface area (Å²) in [6, 6.07) is 3.14. The fraction of sp³-hybridized carbons (Fsp3) is 0.812. The minimum atomic E-state index is 0.527. The predicted molar refractivity (Wildman–Crippen MR) is 80.3 cm³/mol. The quantitative estimate of drug-likeness (QED) is 0.876. The standard InChI is InChI=1S/C16H29N3/c1-17-15-11-8-6-4-2-3-5-7-9-12-16(15)19-14-10-13-18-19/h10,13-17H,2-9,11-12H2,1H3. The molecular formula is C16H29N3. The number of nitrogens with zero attached hydrogens (tertiary/aromatic N) is 2. The molecule has 19 heavy (non-hydrogen) atoms. The van der Waals surface area contributed by atoms with Crippen LogP contribution >= 0.6 is 0 Å². The van der Waals surface area contributed by atoms with E-state index in [4.69, 9.17) is 0 Å². The van der Waals surface area contributed by atoms with Crippen molar-refractivity contribution >= 4 is 0 Å². The van der Waals surface area contributed by atoms with Gasteiger partial charge in [0.1, 0.15) is 0 Å². The molecule has 1 fully saturated rings. The zero-order chi connectivity index (χ0) is 13.3. The van der Waals surface area contributed by atoms with E-state index in [-0.39, 0.29) is 0 Å². The molecular weight excluding hydrogens is 234 g/mol. The summed E-state index contributed by atoms with van der Waals surface area (Å²) in [5, 5.41) is 8.02. The second-order valence-corrected chi connectivity index (χ2v) is 5.85. The summed E-state index contributed by atoms with van der Waals surface area (Å²) < 4.78 is 2.17. The minimum absolute atomic E-state index is 0.527. The van der Waals surface area contributed by atoms with Gasteiger partial charge in [-0.2, -0.15) is 5.10 Å². The monoisotopic (exact) mass is 263 g/mol. The smallest absolute Gasteiger partial charge is 0.0672 e. The van der Waals surface area contributed by atoms with Crippen LogP contribution < -0.4 is 5.32 Å². The highest BCUT2D eigenvalue weighted by molar-refractivity contribution is 4.87. The summed E-state index contributed by atoms with van der Waals surface area (Å²) in [5.74, 6) is 0. The van der Waals surface area contributed by atoms with E-state index in [9.17, 15) is 0 Å². The number of rotatable bonds is 2. The molecule has 1 aromatic rings. The molecule has 3 nitrogen and oxygen atoms in total. The second kappa shape index (κ2) is 8.36. The maximum Gasteiger partial charge on any atom is 0.0672 e. The van der Waals surface area contributed by atoms with E-state index in [1.807, 2.05) is 12.3 Å². The lowest BCUT2D eigenvalue weighted by atomic mass is 9.94. The van der Waals surface area contributed by atoms with E-state index in [1.54, 1.807) is 0 Å². The molecule has 2 atom stereocenters. The SMILES string of the molecule is CNC1CCCCCCCCCCC1n1cccn1. The number of hydrogen-bond donors (Lipinski definition) is 1. The molecule has 1 N–H and O–H groups in total. The van der Waals surface area contributed by atoms with Gasteiger partial charge in [0, 0.05) is 18.4 Å². The van der Waals surface area contributed by atoms with Gasteiger partial charge < -0.3 is 5.32 Å². The molecule has 2 unspecified atom stereocenters. The molecule has 108 valence electrons. The third kappa shape index (κ3) is 4.64. The van der Waals surface area contributed by atoms with E-state index in [1.165, 1.54) is 64.2 Å². The first-order valence-corrected chi connectivity index (χ1v) is 8.08. The van der Waals surface area contributed by atoms with E-state index in [0.29, 0.717) is 12.1 Å². The normalized spacial score (nSPS) is 27.4. The van der Waals surface area contributed by atoms with E-state index < -0.39 is 0 Å². The Morgan fingerprint density at radius 1 is 0.947 bits per heavy atom. The molecule has 0 radical (unpaired) electrons. The predicted octanol–water partition coefficient (Wildman–Crippen LogP) is 3.93. The minimum Gasteiger partial charge on any atom is -0.315 e. The van der Waals surface area contributed by atoms with Gasteiger partial charge in [-0.25, -0.2) is 0 Å². The number of hydrogen-bond acceptors (Lipinski definition) is 2. The average Bonchev–Trinajstić information content (AvgIpc) is 2.93. The molecule has 1 aliphatic rings. The summed E-state index contributed by atoms with van der Waals surface area (Å²) in [4.78, 5) is 0. The Morgan fingerprint density at radius 2 is 1.58 bits per heavy atom. The van der Waals surface area contributed by atoms with Gasteiger partial charge in [-0.1, -0.05) is 51.4 Å². The van der Waals surface area contributed by atoms with Crippen LogP contribution in [0.5, 0.6) is 0 Å². The Bertz CT molecular complexity index is 321. The fourth-order valence-corrected chi connectivity index (χ4v) is 3.30. The third-order valence-electron chi connectivity index (χ3n) is 4.46. The summed E-state index contributed by atoms with van der Waals surface area (Å²) >= 11 is 0. The van der Waals surface area contributed by atoms with Crippen molar-refractivity contribution in [3.8, 4) is 0 Å². The molecule has 0 bridgehead atoms. The maximum atomic E-state index is 4.48. The highest BCUT2D eigenvalue weighted by atomic mass is 15.3. The van der Waals surface area contributed by atoms with Gasteiger partial charge in [-0.15, -0.1) is 0 Å². The molecule has 0 aliphatic heterocycles. The first-order chi connectivity index (χ1) is 9.42. The molecule has 1 heterocycles. The molecule has 0 aromatic carbocycles. The lowest BCUT2D eigenvalue weighted by molar-refractivity contribution is 0.289. The van der Waals surface area contributed by atoms with Crippen molar-refractivity contribution in [3.63, 3.8) is 0 Å². The molecule has 1 aromatic heterocycles. The van der Waals surface area contributed by atoms with Crippen molar-refractivity contribution in [1.29, 1.82) is 0 Å². The zero-order valence-electron chi connectivity index (χ0n) is 12.4. The Morgan fingerprint density at radius 3 is 2.16 bits per heavy atom. The van der Waals surface area contributed by atoms with Crippen LogP contribution in [0.15, 0.2) is 18.5 Å². The lowest BCUT2D eigenvalue weighted by Crippen LogP contribution is -2.35. The van der Waals surface area contributed by atoms with Gasteiger partial charge in [0.15, 0.2) is 0 Å². The first-order valence-electron chi connectivity index (χ1n) is 8.08. The zero-order valence-corrected chi connectivity index (χ0v) is 12.4. The average molecular weight is 263 g/mol. The van der Waals surface area contributed by atoms with Crippen molar-refractivity contribution in [3.05, 3.63) is 18.5 Å². The Labute approximate surface area is 117 Å². The molecule has 1 saturated carbocycles. The van der Waals surface area contributed by atoms with Crippen molar-refractivity contribution in [2.45, 2.75) is 76.3 Å². The van der Waals surface area contributed by atoms with Gasteiger partial charge in [0.2, 0.25) is 0 Å². The van der Waals surface area contributed by atoms with E-state index in [2.05, 4.69) is 28.3 Å². The second-order valence-electron chi connectivity index (χ2n) is 5.85. The van der Waals surface area contributed by atoms with Crippen molar-refractivity contribution in [2.75, 3.05) is 7.05 Å². The van der Waals surface area contributed by atoms with Crippen molar-refractivity contribution in [1.82, 2.24) is 15.1 Å². The number of nitrogens with one attached hydrogen (secondary N) is 1. The van der Waals surface area contributed by atoms with Gasteiger partial charge in [0.25, 0.3) is 0 Å². The Kier molecular flexibility index (Phi) is 6.42. The molecule has 2 rings (SSSR count). The summed E-state index contributed by atoms with van der Waals surface area (Å²) in [6.45, 7) is 0. The highest BCUT2D eigenvalue weighted by Crippen LogP contribution is 2.24. The van der Waals surface area contributed by atoms with E-state index in [0.717, 1.165) is 0 Å². The molecule has 0 saturated heterocycles. The third-order valence-corrected chi connectivity index (χ3v) is 4.46. The molecule has 1 aliphatic carbocycles. The molecule has 0 spiro atoms. The van der Waals surface area contributed by atoms with Crippen LogP contribution in [0.3, 0.4) is 0 Å². The van der Waals surface area contributed by atoms with Crippen molar-refractivity contribution < 1.29 is 0 Å². The maximum absolute atomic E-state index is 4.48.